The van der Waals surface area contributed by atoms with Crippen LogP contribution in [0.25, 0.3) is 10.9 Å². The van der Waals surface area contributed by atoms with Gasteiger partial charge in [0.25, 0.3) is 0 Å². The van der Waals surface area contributed by atoms with Gasteiger partial charge >= 0.3 is 0 Å². The Morgan fingerprint density at radius 2 is 2.19 bits per heavy atom. The van der Waals surface area contributed by atoms with Gasteiger partial charge in [0.05, 0.1) is 5.71 Å². The summed E-state index contributed by atoms with van der Waals surface area (Å²) in [6, 6.07) is 5.75. The van der Waals surface area contributed by atoms with Crippen molar-refractivity contribution in [1.29, 1.82) is 0 Å². The summed E-state index contributed by atoms with van der Waals surface area (Å²) in [5.74, 6) is 0. The first-order valence-electron chi connectivity index (χ1n) is 5.31. The van der Waals surface area contributed by atoms with Gasteiger partial charge in [0, 0.05) is 27.2 Å². The number of benzene rings is 1. The van der Waals surface area contributed by atoms with Crippen molar-refractivity contribution in [2.24, 2.45) is 5.16 Å². The molecular formula is C12H11ClN2O. The molecule has 3 nitrogen and oxygen atoms in total. The second kappa shape index (κ2) is 3.52. The van der Waals surface area contributed by atoms with Gasteiger partial charge < -0.3 is 10.2 Å². The van der Waals surface area contributed by atoms with E-state index in [9.17, 15) is 0 Å². The van der Waals surface area contributed by atoms with E-state index in [4.69, 9.17) is 16.8 Å². The lowest BCUT2D eigenvalue weighted by atomic mass is 9.94. The number of aromatic amines is 1. The fourth-order valence-electron chi connectivity index (χ4n) is 2.39. The number of nitrogens with one attached hydrogen (secondary N) is 1. The smallest absolute Gasteiger partial charge is 0.0892 e. The van der Waals surface area contributed by atoms with E-state index in [0.717, 1.165) is 47.1 Å². The highest BCUT2D eigenvalue weighted by Crippen LogP contribution is 2.31. The maximum absolute atomic E-state index is 9.03. The lowest BCUT2D eigenvalue weighted by Gasteiger charge is -2.12. The zero-order chi connectivity index (χ0) is 11.1. The van der Waals surface area contributed by atoms with Crippen LogP contribution in [0, 0.1) is 0 Å². The molecule has 0 radical (unpaired) electrons. The Bertz CT molecular complexity index is 586. The average Bonchev–Trinajstić information content (AvgIpc) is 2.66. The third kappa shape index (κ3) is 1.32. The normalized spacial score (nSPS) is 17.9. The van der Waals surface area contributed by atoms with Gasteiger partial charge in [0.15, 0.2) is 0 Å². The Hall–Kier alpha value is -1.48. The van der Waals surface area contributed by atoms with Gasteiger partial charge in [-0.25, -0.2) is 0 Å². The molecular weight excluding hydrogens is 224 g/mol. The predicted molar refractivity (Wildman–Crippen MR) is 64.6 cm³/mol. The molecule has 0 unspecified atom stereocenters. The predicted octanol–water partition coefficient (Wildman–Crippen LogP) is 3.34. The van der Waals surface area contributed by atoms with Crippen molar-refractivity contribution in [3.05, 3.63) is 34.5 Å². The first-order valence-corrected chi connectivity index (χ1v) is 5.69. The molecule has 0 atom stereocenters. The first-order chi connectivity index (χ1) is 7.79. The van der Waals surface area contributed by atoms with E-state index in [0.29, 0.717) is 5.02 Å². The standard InChI is InChI=1S/C12H11ClN2O/c13-7-4-5-9-8(6-7)12-10(14-9)2-1-3-11(12)15-16/h4-6,14,16H,1-3H2/b15-11+. The van der Waals surface area contributed by atoms with Crippen molar-refractivity contribution in [1.82, 2.24) is 4.98 Å². The summed E-state index contributed by atoms with van der Waals surface area (Å²) in [6.45, 7) is 0. The summed E-state index contributed by atoms with van der Waals surface area (Å²) in [5, 5.41) is 14.2. The van der Waals surface area contributed by atoms with Crippen molar-refractivity contribution < 1.29 is 5.21 Å². The molecule has 0 spiro atoms. The van der Waals surface area contributed by atoms with Crippen LogP contribution in [0.2, 0.25) is 5.02 Å². The summed E-state index contributed by atoms with van der Waals surface area (Å²) >= 11 is 5.99. The maximum Gasteiger partial charge on any atom is 0.0892 e. The van der Waals surface area contributed by atoms with Gasteiger partial charge in [-0.15, -0.1) is 0 Å². The summed E-state index contributed by atoms with van der Waals surface area (Å²) in [6.07, 6.45) is 2.84. The van der Waals surface area contributed by atoms with Gasteiger partial charge in [-0.2, -0.15) is 0 Å². The van der Waals surface area contributed by atoms with E-state index in [-0.39, 0.29) is 0 Å². The van der Waals surface area contributed by atoms with Crippen LogP contribution in [0.5, 0.6) is 0 Å². The van der Waals surface area contributed by atoms with Crippen molar-refractivity contribution in [2.75, 3.05) is 0 Å². The molecule has 1 aromatic carbocycles. The monoisotopic (exact) mass is 234 g/mol. The third-order valence-electron chi connectivity index (χ3n) is 3.09. The van der Waals surface area contributed by atoms with Crippen LogP contribution >= 0.6 is 11.6 Å². The lowest BCUT2D eigenvalue weighted by Crippen LogP contribution is -2.10. The van der Waals surface area contributed by atoms with Gasteiger partial charge in [0.1, 0.15) is 0 Å². The number of oxime groups is 1. The van der Waals surface area contributed by atoms with E-state index < -0.39 is 0 Å². The van der Waals surface area contributed by atoms with E-state index >= 15 is 0 Å². The average molecular weight is 235 g/mol. The number of hydrogen-bond acceptors (Lipinski definition) is 2. The SMILES string of the molecule is O/N=C1\CCCc2[nH]c3ccc(Cl)cc3c21. The molecule has 0 saturated heterocycles. The summed E-state index contributed by atoms with van der Waals surface area (Å²) in [4.78, 5) is 3.36. The second-order valence-electron chi connectivity index (χ2n) is 4.07. The molecule has 0 saturated carbocycles. The number of nitrogens with zero attached hydrogens (tertiary/aromatic N) is 1. The van der Waals surface area contributed by atoms with Crippen LogP contribution in [0.1, 0.15) is 24.1 Å². The fraction of sp³-hybridized carbons (Fsp3) is 0.250. The number of fused-ring (bicyclic) bond motifs is 3. The van der Waals surface area contributed by atoms with Crippen LogP contribution in [0.3, 0.4) is 0 Å². The highest BCUT2D eigenvalue weighted by atomic mass is 35.5. The van der Waals surface area contributed by atoms with Crippen LogP contribution in [0.4, 0.5) is 0 Å². The molecule has 16 heavy (non-hydrogen) atoms. The van der Waals surface area contributed by atoms with Gasteiger partial charge in [-0.3, -0.25) is 0 Å². The Kier molecular flexibility index (Phi) is 2.14. The van der Waals surface area contributed by atoms with Crippen molar-refractivity contribution in [3.8, 4) is 0 Å². The molecule has 2 N–H and O–H groups in total. The molecule has 0 amide bonds. The van der Waals surface area contributed by atoms with Crippen LogP contribution in [0.15, 0.2) is 23.4 Å². The van der Waals surface area contributed by atoms with Crippen molar-refractivity contribution >= 4 is 28.2 Å². The number of H-pyrrole nitrogens is 1. The number of aryl methyl sites for hydroxylation is 1. The second-order valence-corrected chi connectivity index (χ2v) is 4.51. The Morgan fingerprint density at radius 3 is 3.00 bits per heavy atom. The lowest BCUT2D eigenvalue weighted by molar-refractivity contribution is 0.317. The molecule has 0 bridgehead atoms. The molecule has 1 aromatic heterocycles. The topological polar surface area (TPSA) is 48.4 Å². The number of hydrogen-bond donors (Lipinski definition) is 2. The Morgan fingerprint density at radius 1 is 1.31 bits per heavy atom. The van der Waals surface area contributed by atoms with Crippen molar-refractivity contribution in [2.45, 2.75) is 19.3 Å². The largest absolute Gasteiger partial charge is 0.411 e. The molecule has 0 fully saturated rings. The first kappa shape index (κ1) is 9.73. The maximum atomic E-state index is 9.03. The van der Waals surface area contributed by atoms with E-state index in [1.165, 1.54) is 0 Å². The Labute approximate surface area is 97.7 Å². The van der Waals surface area contributed by atoms with E-state index in [1.54, 1.807) is 0 Å². The highest BCUT2D eigenvalue weighted by Gasteiger charge is 2.21. The summed E-state index contributed by atoms with van der Waals surface area (Å²) in [7, 11) is 0. The number of halogens is 1. The molecule has 2 aromatic rings. The molecule has 1 aliphatic rings. The van der Waals surface area contributed by atoms with Crippen LogP contribution < -0.4 is 0 Å². The van der Waals surface area contributed by atoms with E-state index in [1.807, 2.05) is 18.2 Å². The minimum atomic E-state index is 0.706. The Balaban J connectivity index is 2.36. The molecule has 0 aliphatic heterocycles. The van der Waals surface area contributed by atoms with Crippen LogP contribution in [-0.4, -0.2) is 15.9 Å². The zero-order valence-electron chi connectivity index (χ0n) is 8.63. The number of rotatable bonds is 0. The summed E-state index contributed by atoms with van der Waals surface area (Å²) in [5.41, 5.74) is 4.00. The summed E-state index contributed by atoms with van der Waals surface area (Å²) < 4.78 is 0. The minimum absolute atomic E-state index is 0.706. The van der Waals surface area contributed by atoms with E-state index in [2.05, 4.69) is 10.1 Å². The molecule has 1 heterocycles. The quantitative estimate of drug-likeness (QED) is 0.533. The minimum Gasteiger partial charge on any atom is -0.411 e. The van der Waals surface area contributed by atoms with Gasteiger partial charge in [0.2, 0.25) is 0 Å². The van der Waals surface area contributed by atoms with Gasteiger partial charge in [-0.1, -0.05) is 16.8 Å². The molecule has 1 aliphatic carbocycles. The van der Waals surface area contributed by atoms with Crippen molar-refractivity contribution in [3.63, 3.8) is 0 Å². The molecule has 3 rings (SSSR count). The zero-order valence-corrected chi connectivity index (χ0v) is 9.38. The molecule has 82 valence electrons. The fourth-order valence-corrected chi connectivity index (χ4v) is 2.57. The highest BCUT2D eigenvalue weighted by molar-refractivity contribution is 6.31. The van der Waals surface area contributed by atoms with Gasteiger partial charge in [-0.05, 0) is 37.5 Å². The molecule has 4 heteroatoms. The van der Waals surface area contributed by atoms with Crippen LogP contribution in [-0.2, 0) is 6.42 Å². The number of aromatic nitrogens is 1. The third-order valence-corrected chi connectivity index (χ3v) is 3.32.